The maximum Gasteiger partial charge on any atom is 0.573 e. The van der Waals surface area contributed by atoms with Gasteiger partial charge in [-0.25, -0.2) is 9.97 Å². The zero-order chi connectivity index (χ0) is 17.0. The predicted octanol–water partition coefficient (Wildman–Crippen LogP) is 4.24. The molecule has 4 nitrogen and oxygen atoms in total. The minimum Gasteiger partial charge on any atom is -0.406 e. The molecule has 23 heavy (non-hydrogen) atoms. The second kappa shape index (κ2) is 7.14. The van der Waals surface area contributed by atoms with E-state index in [1.54, 1.807) is 14.0 Å². The molecule has 0 unspecified atom stereocenters. The van der Waals surface area contributed by atoms with Gasteiger partial charge in [0.05, 0.1) is 18.2 Å². The van der Waals surface area contributed by atoms with Gasteiger partial charge in [0.25, 0.3) is 0 Å². The summed E-state index contributed by atoms with van der Waals surface area (Å²) in [5.74, 6) is 0.345. The van der Waals surface area contributed by atoms with Crippen molar-refractivity contribution in [2.75, 3.05) is 7.11 Å². The molecule has 0 aliphatic rings. The summed E-state index contributed by atoms with van der Waals surface area (Å²) in [5, 5.41) is 0. The van der Waals surface area contributed by atoms with Crippen LogP contribution in [-0.4, -0.2) is 23.4 Å². The molecule has 1 heterocycles. The number of hydrogen-bond donors (Lipinski definition) is 0. The van der Waals surface area contributed by atoms with E-state index >= 15 is 0 Å². The third-order valence-corrected chi connectivity index (χ3v) is 3.33. The van der Waals surface area contributed by atoms with Crippen LogP contribution in [0.15, 0.2) is 24.3 Å². The molecule has 0 bridgehead atoms. The molecule has 0 saturated heterocycles. The van der Waals surface area contributed by atoms with Gasteiger partial charge < -0.3 is 9.47 Å². The normalized spacial score (nSPS) is 11.6. The van der Waals surface area contributed by atoms with Crippen LogP contribution in [0.3, 0.4) is 0 Å². The fourth-order valence-corrected chi connectivity index (χ4v) is 2.37. The molecule has 124 valence electrons. The highest BCUT2D eigenvalue weighted by molar-refractivity contribution is 6.17. The molecule has 0 spiro atoms. The second-order valence-corrected chi connectivity index (χ2v) is 4.96. The van der Waals surface area contributed by atoms with E-state index < -0.39 is 6.36 Å². The van der Waals surface area contributed by atoms with Crippen molar-refractivity contribution in [3.63, 3.8) is 0 Å². The molecule has 1 aromatic heterocycles. The van der Waals surface area contributed by atoms with Gasteiger partial charge >= 0.3 is 6.36 Å². The fraction of sp³-hybridized carbons (Fsp3) is 0.333. The van der Waals surface area contributed by atoms with Crippen molar-refractivity contribution in [2.45, 2.75) is 25.8 Å². The molecule has 0 aliphatic carbocycles. The Morgan fingerprint density at radius 2 is 1.78 bits per heavy atom. The highest BCUT2D eigenvalue weighted by Crippen LogP contribution is 2.26. The van der Waals surface area contributed by atoms with Crippen LogP contribution >= 0.6 is 11.6 Å². The molecule has 0 N–H and O–H groups in total. The molecule has 0 fully saturated rings. The Morgan fingerprint density at radius 1 is 1.13 bits per heavy atom. The number of methoxy groups -OCH3 is 1. The zero-order valence-corrected chi connectivity index (χ0v) is 13.2. The average Bonchev–Trinajstić information content (AvgIpc) is 2.46. The van der Waals surface area contributed by atoms with Crippen molar-refractivity contribution < 1.29 is 22.6 Å². The van der Waals surface area contributed by atoms with E-state index in [0.717, 1.165) is 5.56 Å². The Morgan fingerprint density at radius 3 is 2.30 bits per heavy atom. The average molecular weight is 347 g/mol. The summed E-state index contributed by atoms with van der Waals surface area (Å²) in [6.45, 7) is 2.07. The molecule has 8 heteroatoms. The van der Waals surface area contributed by atoms with E-state index in [1.807, 2.05) is 0 Å². The third-order valence-electron chi connectivity index (χ3n) is 3.06. The largest absolute Gasteiger partial charge is 0.573 e. The summed E-state index contributed by atoms with van der Waals surface area (Å²) in [6, 6.07) is 5.36. The number of halogens is 4. The molecule has 0 amide bonds. The van der Waals surface area contributed by atoms with E-state index in [2.05, 4.69) is 14.7 Å². The van der Waals surface area contributed by atoms with Gasteiger partial charge in [-0.15, -0.1) is 24.8 Å². The lowest BCUT2D eigenvalue weighted by Crippen LogP contribution is -2.17. The molecule has 0 saturated carbocycles. The molecular weight excluding hydrogens is 333 g/mol. The van der Waals surface area contributed by atoms with E-state index in [9.17, 15) is 13.2 Å². The van der Waals surface area contributed by atoms with Crippen molar-refractivity contribution in [3.8, 4) is 17.1 Å². The minimum atomic E-state index is -4.72. The van der Waals surface area contributed by atoms with Gasteiger partial charge in [-0.3, -0.25) is 0 Å². The molecule has 2 rings (SSSR count). The van der Waals surface area contributed by atoms with Crippen molar-refractivity contribution in [1.82, 2.24) is 9.97 Å². The van der Waals surface area contributed by atoms with Gasteiger partial charge in [-0.1, -0.05) is 0 Å². The summed E-state index contributed by atoms with van der Waals surface area (Å²) in [7, 11) is 1.54. The van der Waals surface area contributed by atoms with Crippen LogP contribution in [-0.2, 0) is 17.2 Å². The van der Waals surface area contributed by atoms with Crippen LogP contribution in [0.1, 0.15) is 17.0 Å². The van der Waals surface area contributed by atoms with E-state index in [-0.39, 0.29) is 18.2 Å². The Balaban J connectivity index is 2.34. The van der Waals surface area contributed by atoms with Crippen LogP contribution < -0.4 is 4.74 Å². The molecule has 0 atom stereocenters. The van der Waals surface area contributed by atoms with Crippen molar-refractivity contribution in [1.29, 1.82) is 0 Å². The minimum absolute atomic E-state index is 0.253. The van der Waals surface area contributed by atoms with Crippen molar-refractivity contribution in [3.05, 3.63) is 41.2 Å². The Kier molecular flexibility index (Phi) is 5.43. The smallest absolute Gasteiger partial charge is 0.406 e. The molecule has 0 aliphatic heterocycles. The molecule has 2 aromatic rings. The maximum atomic E-state index is 12.2. The first kappa shape index (κ1) is 17.5. The number of ether oxygens (including phenoxy) is 2. The predicted molar refractivity (Wildman–Crippen MR) is 79.2 cm³/mol. The fourth-order valence-electron chi connectivity index (χ4n) is 2.02. The number of rotatable bonds is 5. The second-order valence-electron chi connectivity index (χ2n) is 4.70. The zero-order valence-electron chi connectivity index (χ0n) is 12.4. The van der Waals surface area contributed by atoms with Crippen molar-refractivity contribution in [2.24, 2.45) is 0 Å². The van der Waals surface area contributed by atoms with Gasteiger partial charge in [-0.05, 0) is 31.2 Å². The first-order valence-corrected chi connectivity index (χ1v) is 7.15. The first-order valence-electron chi connectivity index (χ1n) is 6.61. The number of aryl methyl sites for hydroxylation is 1. The quantitative estimate of drug-likeness (QED) is 0.760. The van der Waals surface area contributed by atoms with E-state index in [1.165, 1.54) is 24.3 Å². The van der Waals surface area contributed by atoms with Crippen LogP contribution in [0, 0.1) is 6.92 Å². The Labute approximate surface area is 136 Å². The van der Waals surface area contributed by atoms with Crippen molar-refractivity contribution >= 4 is 11.6 Å². The van der Waals surface area contributed by atoms with Crippen LogP contribution in [0.4, 0.5) is 13.2 Å². The lowest BCUT2D eigenvalue weighted by Gasteiger charge is -2.12. The standard InChI is InChI=1S/C15H14ClF3N2O2/c1-9-12(7-16)13(8-22-2)21-14(20-9)10-3-5-11(6-4-10)23-15(17,18)19/h3-6H,7-8H2,1-2H3. The highest BCUT2D eigenvalue weighted by Gasteiger charge is 2.31. The maximum absolute atomic E-state index is 12.2. The monoisotopic (exact) mass is 346 g/mol. The summed E-state index contributed by atoms with van der Waals surface area (Å²) in [6.07, 6.45) is -4.72. The SMILES string of the molecule is COCc1nc(-c2ccc(OC(F)(F)F)cc2)nc(C)c1CCl. The topological polar surface area (TPSA) is 44.2 Å². The van der Waals surface area contributed by atoms with Gasteiger partial charge in [-0.2, -0.15) is 0 Å². The van der Waals surface area contributed by atoms with Crippen LogP contribution in [0.5, 0.6) is 5.75 Å². The van der Waals surface area contributed by atoms with Gasteiger partial charge in [0.1, 0.15) is 5.75 Å². The van der Waals surface area contributed by atoms with Crippen LogP contribution in [0.2, 0.25) is 0 Å². The number of nitrogens with zero attached hydrogens (tertiary/aromatic N) is 2. The Bertz CT molecular complexity index is 676. The summed E-state index contributed by atoms with van der Waals surface area (Å²) in [5.41, 5.74) is 2.71. The van der Waals surface area contributed by atoms with Gasteiger partial charge in [0.15, 0.2) is 5.82 Å². The van der Waals surface area contributed by atoms with Gasteiger partial charge in [0.2, 0.25) is 0 Å². The molecule has 0 radical (unpaired) electrons. The number of aromatic nitrogens is 2. The molecular formula is C15H14ClF3N2O2. The molecule has 1 aromatic carbocycles. The van der Waals surface area contributed by atoms with Crippen LogP contribution in [0.25, 0.3) is 11.4 Å². The van der Waals surface area contributed by atoms with E-state index in [4.69, 9.17) is 16.3 Å². The van der Waals surface area contributed by atoms with Gasteiger partial charge in [0, 0.05) is 23.9 Å². The Hall–Kier alpha value is -1.86. The first-order chi connectivity index (χ1) is 10.8. The summed E-state index contributed by atoms with van der Waals surface area (Å²) >= 11 is 5.90. The lowest BCUT2D eigenvalue weighted by atomic mass is 10.1. The lowest BCUT2D eigenvalue weighted by molar-refractivity contribution is -0.274. The third kappa shape index (κ3) is 4.56. The summed E-state index contributed by atoms with van der Waals surface area (Å²) in [4.78, 5) is 8.73. The van der Waals surface area contributed by atoms with E-state index in [0.29, 0.717) is 22.8 Å². The highest BCUT2D eigenvalue weighted by atomic mass is 35.5. The number of benzene rings is 1. The number of hydrogen-bond acceptors (Lipinski definition) is 4. The number of alkyl halides is 4. The summed E-state index contributed by atoms with van der Waals surface area (Å²) < 4.78 is 45.4.